The maximum absolute atomic E-state index is 13.8. The second-order valence-corrected chi connectivity index (χ2v) is 9.55. The molecule has 0 amide bonds. The molecule has 192 valence electrons. The van der Waals surface area contributed by atoms with Crippen LogP contribution in [0.3, 0.4) is 0 Å². The van der Waals surface area contributed by atoms with E-state index in [9.17, 15) is 14.7 Å². The van der Waals surface area contributed by atoms with Crippen LogP contribution in [0.4, 0.5) is 0 Å². The van der Waals surface area contributed by atoms with Crippen LogP contribution in [0.25, 0.3) is 28.0 Å². The topological polar surface area (TPSA) is 118 Å². The van der Waals surface area contributed by atoms with Gasteiger partial charge in [-0.25, -0.2) is 19.6 Å². The van der Waals surface area contributed by atoms with Crippen LogP contribution in [-0.2, 0) is 13.6 Å². The zero-order valence-electron chi connectivity index (χ0n) is 20.7. The van der Waals surface area contributed by atoms with Gasteiger partial charge in [0.2, 0.25) is 0 Å². The first-order valence-electron chi connectivity index (χ1n) is 12.3. The van der Waals surface area contributed by atoms with E-state index in [4.69, 9.17) is 5.11 Å². The SMILES string of the molecule is Cn1ccnc1CN1CCC(n2c(=O)n(-c3ccc(-c4ccc(C(=O)O)cc4O)cc3)c3cccnc32)C1. The maximum Gasteiger partial charge on any atom is 0.335 e. The molecule has 0 radical (unpaired) electrons. The summed E-state index contributed by atoms with van der Waals surface area (Å²) in [6.45, 7) is 2.32. The van der Waals surface area contributed by atoms with E-state index in [1.165, 1.54) is 12.1 Å². The Labute approximate surface area is 217 Å². The molecule has 3 aromatic heterocycles. The van der Waals surface area contributed by atoms with Crippen LogP contribution < -0.4 is 5.69 Å². The van der Waals surface area contributed by atoms with E-state index in [0.717, 1.165) is 37.4 Å². The summed E-state index contributed by atoms with van der Waals surface area (Å²) in [6, 6.07) is 15.2. The molecule has 1 saturated heterocycles. The van der Waals surface area contributed by atoms with Crippen LogP contribution in [0.5, 0.6) is 5.75 Å². The highest BCUT2D eigenvalue weighted by Crippen LogP contribution is 2.31. The predicted octanol–water partition coefficient (Wildman–Crippen LogP) is 3.44. The number of nitrogens with zero attached hydrogens (tertiary/aromatic N) is 6. The van der Waals surface area contributed by atoms with E-state index in [-0.39, 0.29) is 23.0 Å². The lowest BCUT2D eigenvalue weighted by Gasteiger charge is -2.16. The Kier molecular flexibility index (Phi) is 5.80. The molecule has 0 saturated carbocycles. The van der Waals surface area contributed by atoms with Gasteiger partial charge in [-0.2, -0.15) is 0 Å². The van der Waals surface area contributed by atoms with Gasteiger partial charge in [-0.3, -0.25) is 14.0 Å². The number of aromatic nitrogens is 5. The number of pyridine rings is 1. The van der Waals surface area contributed by atoms with E-state index < -0.39 is 5.97 Å². The average Bonchev–Trinajstić information content (AvgIpc) is 3.61. The summed E-state index contributed by atoms with van der Waals surface area (Å²) in [4.78, 5) is 36.3. The summed E-state index contributed by atoms with van der Waals surface area (Å²) in [5.41, 5.74) is 3.13. The van der Waals surface area contributed by atoms with Crippen molar-refractivity contribution in [3.8, 4) is 22.6 Å². The lowest BCUT2D eigenvalue weighted by atomic mass is 10.0. The Morgan fingerprint density at radius 2 is 1.89 bits per heavy atom. The highest BCUT2D eigenvalue weighted by atomic mass is 16.4. The molecule has 5 aromatic rings. The molecule has 1 unspecified atom stereocenters. The van der Waals surface area contributed by atoms with Crippen LogP contribution in [0.15, 0.2) is 78.0 Å². The Morgan fingerprint density at radius 1 is 1.08 bits per heavy atom. The minimum atomic E-state index is -1.10. The summed E-state index contributed by atoms with van der Waals surface area (Å²) in [7, 11) is 1.98. The third-order valence-electron chi connectivity index (χ3n) is 7.21. The fourth-order valence-corrected chi connectivity index (χ4v) is 5.24. The second-order valence-electron chi connectivity index (χ2n) is 9.55. The Balaban J connectivity index is 1.33. The molecule has 4 heterocycles. The molecule has 0 aliphatic carbocycles. The third-order valence-corrected chi connectivity index (χ3v) is 7.21. The number of aromatic carboxylic acids is 1. The van der Waals surface area contributed by atoms with Crippen molar-refractivity contribution in [3.05, 3.63) is 95.1 Å². The zero-order chi connectivity index (χ0) is 26.4. The standard InChI is InChI=1S/C28H26N6O4/c1-31-14-12-29-25(31)17-32-13-10-21(16-32)34-26-23(3-2-11-30-26)33(28(34)38)20-7-4-18(5-8-20)22-9-6-19(27(36)37)15-24(22)35/h2-9,11-12,14-15,21,35H,10,13,16-17H2,1H3,(H,36,37). The van der Waals surface area contributed by atoms with Crippen LogP contribution in [-0.4, -0.2) is 57.8 Å². The molecule has 1 fully saturated rings. The smallest absolute Gasteiger partial charge is 0.335 e. The van der Waals surface area contributed by atoms with E-state index >= 15 is 0 Å². The summed E-state index contributed by atoms with van der Waals surface area (Å²) >= 11 is 0. The van der Waals surface area contributed by atoms with Crippen LogP contribution in [0.1, 0.15) is 28.6 Å². The monoisotopic (exact) mass is 510 g/mol. The van der Waals surface area contributed by atoms with Crippen LogP contribution in [0.2, 0.25) is 0 Å². The van der Waals surface area contributed by atoms with Gasteiger partial charge in [0.1, 0.15) is 11.6 Å². The number of phenols is 1. The summed E-state index contributed by atoms with van der Waals surface area (Å²) in [5.74, 6) is -0.234. The second kappa shape index (κ2) is 9.31. The number of hydrogen-bond donors (Lipinski definition) is 2. The summed E-state index contributed by atoms with van der Waals surface area (Å²) in [5, 5.41) is 19.5. The van der Waals surface area contributed by atoms with Gasteiger partial charge < -0.3 is 14.8 Å². The molecule has 0 bridgehead atoms. The average molecular weight is 511 g/mol. The van der Waals surface area contributed by atoms with Gasteiger partial charge in [0.25, 0.3) is 0 Å². The number of likely N-dealkylation sites (tertiary alicyclic amines) is 1. The number of aryl methyl sites for hydroxylation is 1. The van der Waals surface area contributed by atoms with Crippen molar-refractivity contribution in [2.75, 3.05) is 13.1 Å². The quantitative estimate of drug-likeness (QED) is 0.359. The predicted molar refractivity (Wildman–Crippen MR) is 142 cm³/mol. The van der Waals surface area contributed by atoms with E-state index in [1.807, 2.05) is 42.1 Å². The molecule has 1 aliphatic rings. The molecule has 10 nitrogen and oxygen atoms in total. The lowest BCUT2D eigenvalue weighted by molar-refractivity contribution is 0.0696. The normalized spacial score (nSPS) is 15.9. The Bertz CT molecular complexity index is 1720. The number of carbonyl (C=O) groups is 1. The fraction of sp³-hybridized carbons (Fsp3) is 0.214. The highest BCUT2D eigenvalue weighted by molar-refractivity contribution is 5.89. The van der Waals surface area contributed by atoms with Gasteiger partial charge in [0.15, 0.2) is 5.65 Å². The lowest BCUT2D eigenvalue weighted by Crippen LogP contribution is -2.29. The first kappa shape index (κ1) is 23.7. The number of carboxylic acid groups (broad SMARTS) is 1. The van der Waals surface area contributed by atoms with Crippen LogP contribution in [0, 0.1) is 0 Å². The number of fused-ring (bicyclic) bond motifs is 1. The number of benzene rings is 2. The molecule has 1 atom stereocenters. The van der Waals surface area contributed by atoms with Crippen molar-refractivity contribution >= 4 is 17.1 Å². The van der Waals surface area contributed by atoms with E-state index in [0.29, 0.717) is 22.5 Å². The Morgan fingerprint density at radius 3 is 2.61 bits per heavy atom. The van der Waals surface area contributed by atoms with Crippen molar-refractivity contribution in [2.45, 2.75) is 19.0 Å². The summed E-state index contributed by atoms with van der Waals surface area (Å²) in [6.07, 6.45) is 6.27. The molecule has 1 aliphatic heterocycles. The number of phenolic OH excluding ortho intramolecular Hbond substituents is 1. The minimum Gasteiger partial charge on any atom is -0.507 e. The van der Waals surface area contributed by atoms with Gasteiger partial charge in [-0.1, -0.05) is 12.1 Å². The highest BCUT2D eigenvalue weighted by Gasteiger charge is 2.29. The van der Waals surface area contributed by atoms with Gasteiger partial charge in [0, 0.05) is 44.3 Å². The van der Waals surface area contributed by atoms with Crippen molar-refractivity contribution in [2.24, 2.45) is 7.05 Å². The molecule has 2 aromatic carbocycles. The largest absolute Gasteiger partial charge is 0.507 e. The van der Waals surface area contributed by atoms with Gasteiger partial charge in [-0.05, 0) is 54.4 Å². The number of carboxylic acids is 1. The Hall–Kier alpha value is -4.70. The molecular formula is C28H26N6O4. The van der Waals surface area contributed by atoms with Crippen molar-refractivity contribution in [1.29, 1.82) is 0 Å². The number of imidazole rings is 2. The van der Waals surface area contributed by atoms with E-state index in [2.05, 4.69) is 14.9 Å². The van der Waals surface area contributed by atoms with E-state index in [1.54, 1.807) is 39.7 Å². The van der Waals surface area contributed by atoms with Crippen LogP contribution >= 0.6 is 0 Å². The van der Waals surface area contributed by atoms with Gasteiger partial charge in [-0.15, -0.1) is 0 Å². The van der Waals surface area contributed by atoms with Crippen molar-refractivity contribution in [3.63, 3.8) is 0 Å². The zero-order valence-corrected chi connectivity index (χ0v) is 20.7. The number of hydrogen-bond acceptors (Lipinski definition) is 6. The first-order valence-corrected chi connectivity index (χ1v) is 12.3. The maximum atomic E-state index is 13.8. The van der Waals surface area contributed by atoms with Crippen molar-refractivity contribution < 1.29 is 15.0 Å². The van der Waals surface area contributed by atoms with Gasteiger partial charge >= 0.3 is 11.7 Å². The number of aromatic hydroxyl groups is 1. The fourth-order valence-electron chi connectivity index (χ4n) is 5.24. The molecular weight excluding hydrogens is 484 g/mol. The first-order chi connectivity index (χ1) is 18.4. The molecule has 10 heteroatoms. The van der Waals surface area contributed by atoms with Crippen molar-refractivity contribution in [1.82, 2.24) is 28.6 Å². The van der Waals surface area contributed by atoms with Gasteiger partial charge in [0.05, 0.1) is 29.4 Å². The molecule has 6 rings (SSSR count). The molecule has 0 spiro atoms. The minimum absolute atomic E-state index is 0.00890. The third kappa shape index (κ3) is 4.04. The number of rotatable bonds is 6. The molecule has 38 heavy (non-hydrogen) atoms. The summed E-state index contributed by atoms with van der Waals surface area (Å²) < 4.78 is 5.48. The molecule has 2 N–H and O–H groups in total.